The van der Waals surface area contributed by atoms with E-state index in [1.54, 1.807) is 0 Å². The monoisotopic (exact) mass is 510 g/mol. The van der Waals surface area contributed by atoms with Gasteiger partial charge in [-0.25, -0.2) is 0 Å². The number of carbonyl (C=O) groups excluding carboxylic acids is 1. The first-order valence-corrected chi connectivity index (χ1v) is 12.1. The summed E-state index contributed by atoms with van der Waals surface area (Å²) in [6.07, 6.45) is -0.275. The summed E-state index contributed by atoms with van der Waals surface area (Å²) in [5, 5.41) is 14.5. The van der Waals surface area contributed by atoms with E-state index in [0.29, 0.717) is 11.7 Å². The second-order valence-corrected chi connectivity index (χ2v) is 9.02. The Bertz CT molecular complexity index is 1220. The number of carbonyl (C=O) groups is 1. The van der Waals surface area contributed by atoms with E-state index in [9.17, 15) is 4.79 Å². The number of thioether (sulfide) groups is 1. The molecule has 0 saturated carbocycles. The van der Waals surface area contributed by atoms with E-state index in [4.69, 9.17) is 4.74 Å². The van der Waals surface area contributed by atoms with Crippen LogP contribution >= 0.6 is 27.7 Å². The van der Waals surface area contributed by atoms with E-state index < -0.39 is 0 Å². The number of nitrogens with one attached hydrogen (secondary N) is 1. The van der Waals surface area contributed by atoms with Crippen LogP contribution in [0.5, 0.6) is 5.75 Å². The van der Waals surface area contributed by atoms with Crippen LogP contribution in [0.15, 0.2) is 76.4 Å². The molecule has 0 spiro atoms. The maximum Gasteiger partial charge on any atom is 0.234 e. The summed E-state index contributed by atoms with van der Waals surface area (Å²) in [6.45, 7) is 4.66. The van der Waals surface area contributed by atoms with Gasteiger partial charge in [-0.05, 0) is 49.6 Å². The molecule has 1 amide bonds. The lowest BCUT2D eigenvalue weighted by molar-refractivity contribution is -0.113. The van der Waals surface area contributed by atoms with Gasteiger partial charge in [-0.3, -0.25) is 4.79 Å². The number of aromatic nitrogens is 3. The van der Waals surface area contributed by atoms with Crippen molar-refractivity contribution < 1.29 is 9.53 Å². The molecular formula is C24H23BrN4O2S. The van der Waals surface area contributed by atoms with E-state index in [1.165, 1.54) is 11.8 Å². The van der Waals surface area contributed by atoms with Crippen molar-refractivity contribution in [1.82, 2.24) is 14.8 Å². The minimum atomic E-state index is -0.275. The van der Waals surface area contributed by atoms with Crippen LogP contribution in [0.3, 0.4) is 0 Å². The van der Waals surface area contributed by atoms with Crippen LogP contribution in [0.4, 0.5) is 5.69 Å². The molecule has 1 N–H and O–H groups in total. The van der Waals surface area contributed by atoms with Crippen LogP contribution in [0.1, 0.15) is 25.8 Å². The Kier molecular flexibility index (Phi) is 7.12. The van der Waals surface area contributed by atoms with Crippen molar-refractivity contribution in [3.63, 3.8) is 0 Å². The highest BCUT2D eigenvalue weighted by Gasteiger charge is 2.19. The Morgan fingerprint density at radius 1 is 1.09 bits per heavy atom. The van der Waals surface area contributed by atoms with Gasteiger partial charge in [0.15, 0.2) is 17.1 Å². The first-order valence-electron chi connectivity index (χ1n) is 10.3. The van der Waals surface area contributed by atoms with Crippen LogP contribution in [0.25, 0.3) is 10.8 Å². The van der Waals surface area contributed by atoms with E-state index in [1.807, 2.05) is 85.1 Å². The number of halogens is 1. The first kappa shape index (κ1) is 22.4. The van der Waals surface area contributed by atoms with Gasteiger partial charge in [0.1, 0.15) is 5.75 Å². The number of nitrogens with zero attached hydrogens (tertiary/aromatic N) is 3. The van der Waals surface area contributed by atoms with Crippen LogP contribution in [0, 0.1) is 0 Å². The zero-order valence-electron chi connectivity index (χ0n) is 17.8. The summed E-state index contributed by atoms with van der Waals surface area (Å²) in [5.41, 5.74) is 0.808. The summed E-state index contributed by atoms with van der Waals surface area (Å²) in [4.78, 5) is 12.6. The smallest absolute Gasteiger partial charge is 0.234 e. The number of hydrogen-bond acceptors (Lipinski definition) is 5. The molecule has 0 fully saturated rings. The third kappa shape index (κ3) is 5.14. The number of rotatable bonds is 8. The van der Waals surface area contributed by atoms with E-state index in [0.717, 1.165) is 32.5 Å². The van der Waals surface area contributed by atoms with Gasteiger partial charge in [-0.2, -0.15) is 0 Å². The van der Waals surface area contributed by atoms with Gasteiger partial charge in [-0.15, -0.1) is 10.2 Å². The predicted molar refractivity (Wildman–Crippen MR) is 132 cm³/mol. The molecule has 0 bridgehead atoms. The molecular weight excluding hydrogens is 488 g/mol. The largest absolute Gasteiger partial charge is 0.483 e. The molecule has 32 heavy (non-hydrogen) atoms. The third-order valence-corrected chi connectivity index (χ3v) is 6.44. The summed E-state index contributed by atoms with van der Waals surface area (Å²) in [5.74, 6) is 1.64. The third-order valence-electron chi connectivity index (χ3n) is 4.95. The zero-order chi connectivity index (χ0) is 22.5. The molecule has 4 aromatic rings. The highest BCUT2D eigenvalue weighted by molar-refractivity contribution is 9.10. The zero-order valence-corrected chi connectivity index (χ0v) is 20.2. The second-order valence-electron chi connectivity index (χ2n) is 7.16. The molecule has 1 aromatic heterocycles. The maximum atomic E-state index is 12.6. The number of fused-ring (bicyclic) bond motifs is 1. The second kappa shape index (κ2) is 10.2. The van der Waals surface area contributed by atoms with Gasteiger partial charge >= 0.3 is 0 Å². The van der Waals surface area contributed by atoms with Gasteiger partial charge < -0.3 is 14.6 Å². The SMILES string of the molecule is CCn1c(SCC(=O)Nc2cccc3ccccc23)nnc1C(C)Oc1ccc(Br)cc1. The van der Waals surface area contributed by atoms with Crippen molar-refractivity contribution in [3.05, 3.63) is 77.0 Å². The lowest BCUT2D eigenvalue weighted by atomic mass is 10.1. The van der Waals surface area contributed by atoms with Crippen molar-refractivity contribution in [1.29, 1.82) is 0 Å². The lowest BCUT2D eigenvalue weighted by Crippen LogP contribution is -2.15. The molecule has 6 nitrogen and oxygen atoms in total. The van der Waals surface area contributed by atoms with Crippen LogP contribution in [0.2, 0.25) is 0 Å². The highest BCUT2D eigenvalue weighted by Crippen LogP contribution is 2.27. The minimum Gasteiger partial charge on any atom is -0.483 e. The van der Waals surface area contributed by atoms with E-state index in [-0.39, 0.29) is 17.8 Å². The average molecular weight is 511 g/mol. The molecule has 4 rings (SSSR count). The average Bonchev–Trinajstić information content (AvgIpc) is 3.22. The van der Waals surface area contributed by atoms with Crippen molar-refractivity contribution in [3.8, 4) is 5.75 Å². The van der Waals surface area contributed by atoms with Crippen LogP contribution in [-0.2, 0) is 11.3 Å². The Balaban J connectivity index is 1.41. The van der Waals surface area contributed by atoms with Crippen molar-refractivity contribution in [2.24, 2.45) is 0 Å². The van der Waals surface area contributed by atoms with Crippen molar-refractivity contribution >= 4 is 50.1 Å². The van der Waals surface area contributed by atoms with Crippen LogP contribution in [-0.4, -0.2) is 26.4 Å². The quantitative estimate of drug-likeness (QED) is 0.290. The topological polar surface area (TPSA) is 69.0 Å². The molecule has 8 heteroatoms. The molecule has 3 aromatic carbocycles. The number of hydrogen-bond donors (Lipinski definition) is 1. The van der Waals surface area contributed by atoms with Gasteiger partial charge in [0, 0.05) is 22.1 Å². The molecule has 0 aliphatic carbocycles. The van der Waals surface area contributed by atoms with E-state index >= 15 is 0 Å². The number of anilines is 1. The fraction of sp³-hybridized carbons (Fsp3) is 0.208. The molecule has 1 atom stereocenters. The number of ether oxygens (including phenoxy) is 1. The fourth-order valence-electron chi connectivity index (χ4n) is 3.43. The van der Waals surface area contributed by atoms with Gasteiger partial charge in [0.25, 0.3) is 0 Å². The minimum absolute atomic E-state index is 0.0854. The van der Waals surface area contributed by atoms with Gasteiger partial charge in [0.05, 0.1) is 5.75 Å². The Morgan fingerprint density at radius 3 is 2.62 bits per heavy atom. The normalized spacial score (nSPS) is 12.0. The predicted octanol–water partition coefficient (Wildman–Crippen LogP) is 6.08. The molecule has 164 valence electrons. The first-order chi connectivity index (χ1) is 15.5. The van der Waals surface area contributed by atoms with Gasteiger partial charge in [0.2, 0.25) is 5.91 Å². The highest BCUT2D eigenvalue weighted by atomic mass is 79.9. The molecule has 0 radical (unpaired) electrons. The number of amides is 1. The maximum absolute atomic E-state index is 12.6. The van der Waals surface area contributed by atoms with Crippen LogP contribution < -0.4 is 10.1 Å². The summed E-state index contributed by atoms with van der Waals surface area (Å²) in [7, 11) is 0. The molecule has 1 heterocycles. The Morgan fingerprint density at radius 2 is 1.84 bits per heavy atom. The fourth-order valence-corrected chi connectivity index (χ4v) is 4.50. The summed E-state index contributed by atoms with van der Waals surface area (Å²) < 4.78 is 9.00. The standard InChI is InChI=1S/C24H23BrN4O2S/c1-3-29-23(16(2)31-19-13-11-18(25)12-14-19)27-28-24(29)32-15-22(30)26-21-10-6-8-17-7-4-5-9-20(17)21/h4-14,16H,3,15H2,1-2H3,(H,26,30). The van der Waals surface area contributed by atoms with E-state index in [2.05, 4.69) is 31.4 Å². The van der Waals surface area contributed by atoms with Crippen molar-refractivity contribution in [2.45, 2.75) is 31.7 Å². The molecule has 0 saturated heterocycles. The summed E-state index contributed by atoms with van der Waals surface area (Å²) in [6, 6.07) is 21.5. The van der Waals surface area contributed by atoms with Crippen molar-refractivity contribution in [2.75, 3.05) is 11.1 Å². The summed E-state index contributed by atoms with van der Waals surface area (Å²) >= 11 is 4.79. The lowest BCUT2D eigenvalue weighted by Gasteiger charge is -2.15. The Labute approximate surface area is 199 Å². The molecule has 0 aliphatic heterocycles. The number of benzene rings is 3. The molecule has 0 aliphatic rings. The Hall–Kier alpha value is -2.84. The van der Waals surface area contributed by atoms with Gasteiger partial charge in [-0.1, -0.05) is 64.1 Å². The molecule has 1 unspecified atom stereocenters.